The van der Waals surface area contributed by atoms with E-state index >= 15 is 0 Å². The van der Waals surface area contributed by atoms with Gasteiger partial charge in [-0.05, 0) is 59.6 Å². The maximum atomic E-state index is 13.9. The van der Waals surface area contributed by atoms with Crippen LogP contribution < -0.4 is 26.4 Å². The maximum absolute atomic E-state index is 13.9. The van der Waals surface area contributed by atoms with Crippen molar-refractivity contribution in [3.63, 3.8) is 0 Å². The van der Waals surface area contributed by atoms with Gasteiger partial charge in [0.05, 0.1) is 35.0 Å². The van der Waals surface area contributed by atoms with Gasteiger partial charge >= 0.3 is 0 Å². The second-order valence-electron chi connectivity index (χ2n) is 16.9. The van der Waals surface area contributed by atoms with Gasteiger partial charge in [0.15, 0.2) is 15.7 Å². The molecule has 330 valence electrons. The zero-order chi connectivity index (χ0) is 44.3. The van der Waals surface area contributed by atoms with Gasteiger partial charge in [-0.2, -0.15) is 5.10 Å². The number of rotatable bonds is 14. The van der Waals surface area contributed by atoms with Gasteiger partial charge in [-0.15, -0.1) is 0 Å². The SMILES string of the molecule is Cc1[nH]nc(Nc2ncnc3cc(OCCCN4CCN(CN=C/C(=C\N)C(=O)NC5=CC=CC6C(=O)N([C@H]7CCC(=O)NC7=O)CC56)CC4)c(S(=O)(=O)C(C)(C)C)cc23)c1C. The second kappa shape index (κ2) is 18.2. The molecule has 4 aliphatic rings. The molecule has 19 nitrogen and oxygen atoms in total. The molecule has 0 spiro atoms. The zero-order valence-corrected chi connectivity index (χ0v) is 36.4. The second-order valence-corrected chi connectivity index (χ2v) is 19.6. The zero-order valence-electron chi connectivity index (χ0n) is 35.6. The molecule has 2 unspecified atom stereocenters. The number of allylic oxidation sites excluding steroid dienone is 2. The van der Waals surface area contributed by atoms with E-state index < -0.39 is 38.4 Å². The van der Waals surface area contributed by atoms with Crippen LogP contribution in [0.2, 0.25) is 0 Å². The number of hydrogen-bond acceptors (Lipinski definition) is 15. The van der Waals surface area contributed by atoms with Gasteiger partial charge in [-0.25, -0.2) is 18.4 Å². The van der Waals surface area contributed by atoms with Crippen LogP contribution in [-0.4, -0.2) is 136 Å². The average Bonchev–Trinajstić information content (AvgIpc) is 3.74. The van der Waals surface area contributed by atoms with E-state index in [0.29, 0.717) is 47.9 Å². The fourth-order valence-corrected chi connectivity index (χ4v) is 9.20. The number of anilines is 2. The number of nitrogens with zero attached hydrogens (tertiary/aromatic N) is 7. The molecule has 0 radical (unpaired) electrons. The van der Waals surface area contributed by atoms with Crippen molar-refractivity contribution in [3.8, 4) is 5.75 Å². The minimum absolute atomic E-state index is 0.0742. The van der Waals surface area contributed by atoms with Crippen LogP contribution in [0.25, 0.3) is 10.9 Å². The number of aromatic nitrogens is 4. The van der Waals surface area contributed by atoms with Crippen LogP contribution in [0.1, 0.15) is 51.3 Å². The number of hydrogen-bond donors (Lipinski definition) is 5. The molecular formula is C42H54N12O7S. The third-order valence-electron chi connectivity index (χ3n) is 11.8. The number of ether oxygens (including phenoxy) is 1. The molecule has 1 aliphatic carbocycles. The molecule has 6 N–H and O–H groups in total. The van der Waals surface area contributed by atoms with Crippen molar-refractivity contribution in [3.05, 3.63) is 65.4 Å². The highest BCUT2D eigenvalue weighted by molar-refractivity contribution is 7.92. The Balaban J connectivity index is 0.888. The van der Waals surface area contributed by atoms with Crippen molar-refractivity contribution in [1.29, 1.82) is 0 Å². The quantitative estimate of drug-likeness (QED) is 0.0673. The first-order valence-corrected chi connectivity index (χ1v) is 22.2. The largest absolute Gasteiger partial charge is 0.492 e. The van der Waals surface area contributed by atoms with Gasteiger partial charge < -0.3 is 30.9 Å². The minimum Gasteiger partial charge on any atom is -0.492 e. The van der Waals surface area contributed by atoms with E-state index in [0.717, 1.165) is 44.0 Å². The molecule has 20 heteroatoms. The van der Waals surface area contributed by atoms with Crippen LogP contribution in [0.15, 0.2) is 64.0 Å². The number of aliphatic imine (C=N–C) groups is 1. The lowest BCUT2D eigenvalue weighted by molar-refractivity contribution is -0.144. The molecule has 3 aromatic rings. The van der Waals surface area contributed by atoms with Gasteiger partial charge in [0.2, 0.25) is 17.7 Å². The summed E-state index contributed by atoms with van der Waals surface area (Å²) in [7, 11) is -3.82. The number of H-pyrrole nitrogens is 1. The first kappa shape index (κ1) is 44.1. The summed E-state index contributed by atoms with van der Waals surface area (Å²) in [6, 6.07) is 2.52. The van der Waals surface area contributed by atoms with Crippen LogP contribution in [0, 0.1) is 25.7 Å². The number of benzene rings is 1. The van der Waals surface area contributed by atoms with Crippen LogP contribution in [0.4, 0.5) is 11.6 Å². The molecule has 4 amide bonds. The Labute approximate surface area is 360 Å². The van der Waals surface area contributed by atoms with Gasteiger partial charge in [0.1, 0.15) is 28.8 Å². The first-order valence-electron chi connectivity index (χ1n) is 20.7. The third kappa shape index (κ3) is 9.26. The first-order chi connectivity index (χ1) is 29.5. The monoisotopic (exact) mass is 870 g/mol. The highest BCUT2D eigenvalue weighted by Crippen LogP contribution is 2.38. The lowest BCUT2D eigenvalue weighted by atomic mass is 9.88. The Bertz CT molecular complexity index is 2480. The third-order valence-corrected chi connectivity index (χ3v) is 14.3. The van der Waals surface area contributed by atoms with E-state index in [2.05, 4.69) is 50.9 Å². The lowest BCUT2D eigenvalue weighted by Gasteiger charge is -2.33. The van der Waals surface area contributed by atoms with Crippen molar-refractivity contribution in [2.75, 3.05) is 57.9 Å². The highest BCUT2D eigenvalue weighted by Gasteiger charge is 2.47. The maximum Gasteiger partial charge on any atom is 0.258 e. The van der Waals surface area contributed by atoms with Gasteiger partial charge in [-0.1, -0.05) is 12.2 Å². The van der Waals surface area contributed by atoms with Gasteiger partial charge in [-0.3, -0.25) is 39.5 Å². The molecule has 5 heterocycles. The summed E-state index contributed by atoms with van der Waals surface area (Å²) < 4.78 is 32.9. The molecule has 7 rings (SSSR count). The van der Waals surface area contributed by atoms with Crippen LogP contribution in [0.5, 0.6) is 5.75 Å². The lowest BCUT2D eigenvalue weighted by Crippen LogP contribution is -2.53. The van der Waals surface area contributed by atoms with Crippen molar-refractivity contribution in [2.45, 2.75) is 69.6 Å². The van der Waals surface area contributed by atoms with Crippen molar-refractivity contribution < 1.29 is 32.3 Å². The summed E-state index contributed by atoms with van der Waals surface area (Å²) in [6.45, 7) is 13.5. The Morgan fingerprint density at radius 2 is 1.84 bits per heavy atom. The number of aryl methyl sites for hydroxylation is 1. The number of carbonyl (C=O) groups is 4. The topological polar surface area (TPSA) is 250 Å². The van der Waals surface area contributed by atoms with Crippen molar-refractivity contribution in [1.82, 2.24) is 45.5 Å². The van der Waals surface area contributed by atoms with Crippen LogP contribution in [0.3, 0.4) is 0 Å². The predicted molar refractivity (Wildman–Crippen MR) is 232 cm³/mol. The number of piperidine rings is 1. The summed E-state index contributed by atoms with van der Waals surface area (Å²) in [5.74, 6) is -1.15. The van der Waals surface area contributed by atoms with E-state index in [1.807, 2.05) is 13.8 Å². The molecule has 0 saturated carbocycles. The molecule has 3 fully saturated rings. The Morgan fingerprint density at radius 1 is 1.08 bits per heavy atom. The average molecular weight is 871 g/mol. The Hall–Kier alpha value is -5.99. The fraction of sp³-hybridized carbons (Fsp3) is 0.476. The molecule has 3 aliphatic heterocycles. The molecule has 1 aromatic carbocycles. The number of likely N-dealkylation sites (tertiary alicyclic amines) is 1. The smallest absolute Gasteiger partial charge is 0.258 e. The molecule has 62 heavy (non-hydrogen) atoms. The number of piperazine rings is 1. The molecule has 3 saturated heterocycles. The predicted octanol–water partition coefficient (Wildman–Crippen LogP) is 1.99. The number of amides is 4. The van der Waals surface area contributed by atoms with Crippen LogP contribution >= 0.6 is 0 Å². The number of aromatic amines is 1. The fourth-order valence-electron chi connectivity index (χ4n) is 7.88. The van der Waals surface area contributed by atoms with Gasteiger partial charge in [0, 0.05) is 92.4 Å². The number of nitrogens with two attached hydrogens (primary N) is 1. The van der Waals surface area contributed by atoms with Crippen LogP contribution in [-0.2, 0) is 29.0 Å². The van der Waals surface area contributed by atoms with E-state index in [-0.39, 0.29) is 53.3 Å². The summed E-state index contributed by atoms with van der Waals surface area (Å²) in [5, 5.41) is 16.2. The van der Waals surface area contributed by atoms with Gasteiger partial charge in [0.25, 0.3) is 5.91 Å². The summed E-state index contributed by atoms with van der Waals surface area (Å²) in [5.41, 5.74) is 8.90. The number of sulfone groups is 1. The van der Waals surface area contributed by atoms with E-state index in [9.17, 15) is 27.6 Å². The minimum atomic E-state index is -3.82. The molecular weight excluding hydrogens is 817 g/mol. The number of nitrogens with one attached hydrogen (secondary N) is 4. The standard InChI is InChI=1S/C42H54N12O7S/c1-25-26(2)50-51-37(25)49-38-29-18-35(62(59,60)42(3,4)5)34(19-32(29)45-23-46-38)61-17-7-12-52-13-15-53(16-14-52)24-44-21-27(20-43)39(56)47-31-9-6-8-28-30(31)22-54(41(28)58)33-10-11-36(55)48-40(33)57/h6,8-9,18-21,23,28,30,33H,7,10-17,22,24,43H2,1-5H3,(H,47,56)(H,48,55,57)(H2,45,46,49,50,51)/b27-20+,44-21?/t28?,30?,33-/m0/s1. The molecule has 0 bridgehead atoms. The van der Waals surface area contributed by atoms with E-state index in [4.69, 9.17) is 10.5 Å². The summed E-state index contributed by atoms with van der Waals surface area (Å²) in [6.07, 6.45) is 10.4. The number of carbonyl (C=O) groups excluding carboxylic acids is 4. The van der Waals surface area contributed by atoms with Crippen molar-refractivity contribution in [2.24, 2.45) is 22.6 Å². The Morgan fingerprint density at radius 3 is 2.53 bits per heavy atom. The van der Waals surface area contributed by atoms with E-state index in [1.165, 1.54) is 23.6 Å². The summed E-state index contributed by atoms with van der Waals surface area (Å²) >= 11 is 0. The van der Waals surface area contributed by atoms with Crippen molar-refractivity contribution >= 4 is 62.2 Å². The highest BCUT2D eigenvalue weighted by atomic mass is 32.2. The molecule has 3 atom stereocenters. The number of fused-ring (bicyclic) bond motifs is 2. The molecule has 2 aromatic heterocycles. The normalized spacial score (nSPS) is 21.7. The number of imide groups is 1. The summed E-state index contributed by atoms with van der Waals surface area (Å²) in [4.78, 5) is 70.1. The Kier molecular flexibility index (Phi) is 12.9. The van der Waals surface area contributed by atoms with E-state index in [1.54, 1.807) is 51.1 Å².